The highest BCUT2D eigenvalue weighted by Gasteiger charge is 2.22. The Bertz CT molecular complexity index is 1060. The van der Waals surface area contributed by atoms with E-state index in [2.05, 4.69) is 15.3 Å². The predicted molar refractivity (Wildman–Crippen MR) is 118 cm³/mol. The molecule has 0 spiro atoms. The Morgan fingerprint density at radius 3 is 2.53 bits per heavy atom. The van der Waals surface area contributed by atoms with Gasteiger partial charge in [-0.3, -0.25) is 0 Å². The molecule has 158 valence electrons. The number of pyridine rings is 1. The molecular weight excluding hydrogens is 429 g/mol. The van der Waals surface area contributed by atoms with Crippen LogP contribution in [0, 0.1) is 5.92 Å². The van der Waals surface area contributed by atoms with Gasteiger partial charge in [0.1, 0.15) is 17.0 Å². The van der Waals surface area contributed by atoms with Crippen LogP contribution in [0.5, 0.6) is 11.5 Å². The molecule has 1 unspecified atom stereocenters. The molecule has 10 heteroatoms. The Kier molecular flexibility index (Phi) is 5.99. The highest BCUT2D eigenvalue weighted by Crippen LogP contribution is 2.46. The lowest BCUT2D eigenvalue weighted by molar-refractivity contribution is 0.187. The second-order valence-corrected chi connectivity index (χ2v) is 7.67. The van der Waals surface area contributed by atoms with Gasteiger partial charge in [0, 0.05) is 42.3 Å². The molecule has 3 heterocycles. The predicted octanol–water partition coefficient (Wildman–Crippen LogP) is 4.05. The Morgan fingerprint density at radius 2 is 1.90 bits per heavy atom. The molecule has 1 atom stereocenters. The third-order valence-corrected chi connectivity index (χ3v) is 5.75. The van der Waals surface area contributed by atoms with E-state index in [0.717, 1.165) is 18.4 Å². The molecule has 0 saturated carbocycles. The van der Waals surface area contributed by atoms with Gasteiger partial charge in [-0.05, 0) is 12.5 Å². The zero-order valence-electron chi connectivity index (χ0n) is 16.5. The number of hydrogen-bond acceptors (Lipinski definition) is 8. The minimum Gasteiger partial charge on any atom is -0.495 e. The smallest absolute Gasteiger partial charge is 0.220 e. The fraction of sp³-hybridized carbons (Fsp3) is 0.350. The van der Waals surface area contributed by atoms with Gasteiger partial charge in [0.15, 0.2) is 5.82 Å². The Labute approximate surface area is 183 Å². The first-order valence-corrected chi connectivity index (χ1v) is 10.1. The van der Waals surface area contributed by atoms with Gasteiger partial charge >= 0.3 is 0 Å². The third kappa shape index (κ3) is 3.90. The topological polar surface area (TPSA) is 104 Å². The number of anilines is 2. The van der Waals surface area contributed by atoms with Crippen LogP contribution in [0.25, 0.3) is 22.2 Å². The van der Waals surface area contributed by atoms with E-state index in [9.17, 15) is 0 Å². The lowest BCUT2D eigenvalue weighted by Gasteiger charge is -2.17. The van der Waals surface area contributed by atoms with Crippen LogP contribution >= 0.6 is 23.2 Å². The van der Waals surface area contributed by atoms with Gasteiger partial charge in [-0.2, -0.15) is 0 Å². The first-order valence-electron chi connectivity index (χ1n) is 9.37. The zero-order chi connectivity index (χ0) is 21.3. The summed E-state index contributed by atoms with van der Waals surface area (Å²) in [6, 6.07) is 3.45. The van der Waals surface area contributed by atoms with Gasteiger partial charge in [0.2, 0.25) is 5.95 Å². The fourth-order valence-corrected chi connectivity index (χ4v) is 4.09. The van der Waals surface area contributed by atoms with Crippen molar-refractivity contribution < 1.29 is 14.2 Å². The van der Waals surface area contributed by atoms with Gasteiger partial charge in [0.25, 0.3) is 0 Å². The summed E-state index contributed by atoms with van der Waals surface area (Å²) in [4.78, 5) is 13.2. The fourth-order valence-electron chi connectivity index (χ4n) is 3.40. The second-order valence-electron chi connectivity index (χ2n) is 6.92. The van der Waals surface area contributed by atoms with Crippen LogP contribution < -0.4 is 20.5 Å². The number of fused-ring (bicyclic) bond motifs is 1. The van der Waals surface area contributed by atoms with E-state index in [0.29, 0.717) is 63.2 Å². The molecule has 0 bridgehead atoms. The SMILES string of the molecule is COc1cc(OC)c(Cl)c(-c2cc3cnc(N)nc3c(NCC3CCOC3)n2)c1Cl. The van der Waals surface area contributed by atoms with E-state index in [1.54, 1.807) is 12.3 Å². The van der Waals surface area contributed by atoms with Gasteiger partial charge in [-0.1, -0.05) is 23.2 Å². The molecule has 0 radical (unpaired) electrons. The summed E-state index contributed by atoms with van der Waals surface area (Å²) in [6.07, 6.45) is 2.64. The maximum absolute atomic E-state index is 6.59. The normalized spacial score (nSPS) is 16.1. The monoisotopic (exact) mass is 449 g/mol. The van der Waals surface area contributed by atoms with Crippen LogP contribution in [0.15, 0.2) is 18.3 Å². The molecule has 30 heavy (non-hydrogen) atoms. The van der Waals surface area contributed by atoms with Crippen molar-refractivity contribution in [1.29, 1.82) is 0 Å². The lowest BCUT2D eigenvalue weighted by Crippen LogP contribution is -2.15. The van der Waals surface area contributed by atoms with Crippen molar-refractivity contribution in [3.8, 4) is 22.8 Å². The van der Waals surface area contributed by atoms with Crippen LogP contribution in [-0.2, 0) is 4.74 Å². The minimum absolute atomic E-state index is 0.170. The number of nitrogens with two attached hydrogens (primary N) is 1. The number of aromatic nitrogens is 3. The largest absolute Gasteiger partial charge is 0.495 e. The van der Waals surface area contributed by atoms with Crippen molar-refractivity contribution in [3.05, 3.63) is 28.4 Å². The van der Waals surface area contributed by atoms with Crippen LogP contribution in [0.2, 0.25) is 10.0 Å². The lowest BCUT2D eigenvalue weighted by atomic mass is 10.1. The molecule has 8 nitrogen and oxygen atoms in total. The van der Waals surface area contributed by atoms with Crippen LogP contribution in [0.1, 0.15) is 6.42 Å². The van der Waals surface area contributed by atoms with Crippen molar-refractivity contribution in [1.82, 2.24) is 15.0 Å². The molecule has 3 N–H and O–H groups in total. The van der Waals surface area contributed by atoms with Crippen molar-refractivity contribution in [2.45, 2.75) is 6.42 Å². The maximum Gasteiger partial charge on any atom is 0.220 e. The van der Waals surface area contributed by atoms with Crippen LogP contribution in [0.3, 0.4) is 0 Å². The Balaban J connectivity index is 1.86. The Hall–Kier alpha value is -2.55. The average Bonchev–Trinajstić information content (AvgIpc) is 3.26. The number of methoxy groups -OCH3 is 2. The van der Waals surface area contributed by atoms with E-state index < -0.39 is 0 Å². The second kappa shape index (κ2) is 8.67. The average molecular weight is 450 g/mol. The summed E-state index contributed by atoms with van der Waals surface area (Å²) < 4.78 is 16.2. The first-order chi connectivity index (χ1) is 14.5. The van der Waals surface area contributed by atoms with Gasteiger partial charge in [0.05, 0.1) is 36.6 Å². The van der Waals surface area contributed by atoms with E-state index in [4.69, 9.17) is 48.1 Å². The summed E-state index contributed by atoms with van der Waals surface area (Å²) >= 11 is 13.2. The van der Waals surface area contributed by atoms with E-state index in [-0.39, 0.29) is 5.95 Å². The summed E-state index contributed by atoms with van der Waals surface area (Å²) in [5.41, 5.74) is 7.46. The number of nitrogens with zero attached hydrogens (tertiary/aromatic N) is 3. The number of nitrogens with one attached hydrogen (secondary N) is 1. The Morgan fingerprint density at radius 1 is 1.17 bits per heavy atom. The van der Waals surface area contributed by atoms with Crippen molar-refractivity contribution in [2.24, 2.45) is 5.92 Å². The number of ether oxygens (including phenoxy) is 3. The molecule has 0 amide bonds. The summed E-state index contributed by atoms with van der Waals surface area (Å²) in [5, 5.41) is 4.79. The molecule has 4 rings (SSSR count). The number of nitrogen functional groups attached to an aromatic ring is 1. The van der Waals surface area contributed by atoms with Crippen molar-refractivity contribution in [3.63, 3.8) is 0 Å². The number of benzene rings is 1. The summed E-state index contributed by atoms with van der Waals surface area (Å²) in [7, 11) is 3.05. The molecule has 3 aromatic rings. The van der Waals surface area contributed by atoms with E-state index >= 15 is 0 Å². The quantitative estimate of drug-likeness (QED) is 0.580. The van der Waals surface area contributed by atoms with Crippen molar-refractivity contribution in [2.75, 3.05) is 45.0 Å². The molecule has 2 aromatic heterocycles. The van der Waals surface area contributed by atoms with Gasteiger partial charge < -0.3 is 25.3 Å². The number of halogens is 2. The number of rotatable bonds is 6. The maximum atomic E-state index is 6.59. The molecule has 1 aromatic carbocycles. The molecule has 1 fully saturated rings. The minimum atomic E-state index is 0.170. The van der Waals surface area contributed by atoms with Crippen molar-refractivity contribution >= 4 is 45.9 Å². The first kappa shape index (κ1) is 20.7. The standard InChI is InChI=1S/C20H21Cl2N5O3/c1-28-13-6-14(29-2)17(22)15(16(13)21)12-5-11-8-25-20(23)27-18(11)19(26-12)24-7-10-3-4-30-9-10/h5-6,8,10H,3-4,7,9H2,1-2H3,(H,24,26)(H2,23,25,27). The summed E-state index contributed by atoms with van der Waals surface area (Å²) in [5.74, 6) is 2.00. The molecule has 1 saturated heterocycles. The van der Waals surface area contributed by atoms with Crippen LogP contribution in [-0.4, -0.2) is 48.9 Å². The molecule has 1 aliphatic heterocycles. The van der Waals surface area contributed by atoms with E-state index in [1.807, 2.05) is 6.07 Å². The molecule has 1 aliphatic rings. The van der Waals surface area contributed by atoms with Gasteiger partial charge in [-0.15, -0.1) is 0 Å². The van der Waals surface area contributed by atoms with Crippen LogP contribution in [0.4, 0.5) is 11.8 Å². The van der Waals surface area contributed by atoms with E-state index in [1.165, 1.54) is 14.2 Å². The highest BCUT2D eigenvalue weighted by atomic mass is 35.5. The zero-order valence-corrected chi connectivity index (χ0v) is 18.0. The summed E-state index contributed by atoms with van der Waals surface area (Å²) in [6.45, 7) is 2.18. The highest BCUT2D eigenvalue weighted by molar-refractivity contribution is 6.41. The third-order valence-electron chi connectivity index (χ3n) is 5.00. The van der Waals surface area contributed by atoms with Gasteiger partial charge in [-0.25, -0.2) is 15.0 Å². The number of hydrogen-bond donors (Lipinski definition) is 2. The molecule has 0 aliphatic carbocycles. The molecular formula is C20H21Cl2N5O3.